The molecule has 1 aromatic rings. The summed E-state index contributed by atoms with van der Waals surface area (Å²) < 4.78 is 1.91. The summed E-state index contributed by atoms with van der Waals surface area (Å²) in [6.07, 6.45) is 1.96. The summed E-state index contributed by atoms with van der Waals surface area (Å²) in [6.45, 7) is 5.73. The predicted molar refractivity (Wildman–Crippen MR) is 80.0 cm³/mol. The van der Waals surface area contributed by atoms with E-state index in [0.29, 0.717) is 6.04 Å². The first-order chi connectivity index (χ1) is 9.40. The number of amides is 2. The van der Waals surface area contributed by atoms with Crippen LogP contribution < -0.4 is 5.32 Å². The molecule has 112 valence electrons. The number of nitrogens with one attached hydrogen (secondary N) is 1. The Kier molecular flexibility index (Phi) is 4.20. The molecule has 0 atom stereocenters. The Morgan fingerprint density at radius 2 is 1.90 bits per heavy atom. The van der Waals surface area contributed by atoms with Crippen LogP contribution in [0.5, 0.6) is 0 Å². The largest absolute Gasteiger partial charge is 0.379 e. The number of anilines is 1. The van der Waals surface area contributed by atoms with Gasteiger partial charge in [0.25, 0.3) is 0 Å². The minimum absolute atomic E-state index is 0.109. The van der Waals surface area contributed by atoms with Crippen LogP contribution in [0.2, 0.25) is 0 Å². The van der Waals surface area contributed by atoms with Crippen LogP contribution in [0.1, 0.15) is 24.2 Å². The zero-order valence-corrected chi connectivity index (χ0v) is 13.1. The lowest BCUT2D eigenvalue weighted by molar-refractivity contribution is 0.158. The third kappa shape index (κ3) is 2.89. The number of rotatable bonds is 2. The highest BCUT2D eigenvalue weighted by Gasteiger charge is 2.24. The molecule has 1 saturated heterocycles. The maximum absolute atomic E-state index is 11.9. The van der Waals surface area contributed by atoms with E-state index in [-0.39, 0.29) is 6.03 Å². The molecule has 0 saturated carbocycles. The third-order valence-corrected chi connectivity index (χ3v) is 4.01. The van der Waals surface area contributed by atoms with Gasteiger partial charge in [0.05, 0.1) is 17.1 Å². The summed E-state index contributed by atoms with van der Waals surface area (Å²) in [5.74, 6) is 0. The normalized spacial score (nSPS) is 16.4. The maximum Gasteiger partial charge on any atom is 0.319 e. The van der Waals surface area contributed by atoms with Crippen molar-refractivity contribution in [2.45, 2.75) is 32.7 Å². The maximum atomic E-state index is 11.9. The zero-order chi connectivity index (χ0) is 14.9. The van der Waals surface area contributed by atoms with Gasteiger partial charge in [0.1, 0.15) is 0 Å². The molecular formula is C14H25N5O. The van der Waals surface area contributed by atoms with Gasteiger partial charge in [-0.1, -0.05) is 0 Å². The second-order valence-electron chi connectivity index (χ2n) is 5.75. The summed E-state index contributed by atoms with van der Waals surface area (Å²) in [5.41, 5.74) is 3.34. The standard InChI is InChI=1S/C14H25N5O/c1-10-13(11(2)18(5)16-10)15-12-6-8-19(9-7-12)14(20)17(3)4/h12,15H,6-9H2,1-5H3. The van der Waals surface area contributed by atoms with E-state index in [1.165, 1.54) is 0 Å². The average Bonchev–Trinajstić information content (AvgIpc) is 2.65. The Balaban J connectivity index is 1.93. The molecule has 0 aliphatic carbocycles. The number of nitrogens with zero attached hydrogens (tertiary/aromatic N) is 4. The minimum atomic E-state index is 0.109. The summed E-state index contributed by atoms with van der Waals surface area (Å²) in [7, 11) is 5.57. The lowest BCUT2D eigenvalue weighted by atomic mass is 10.0. The number of aryl methyl sites for hydroxylation is 2. The SMILES string of the molecule is Cc1nn(C)c(C)c1NC1CCN(C(=O)N(C)C)CC1. The van der Waals surface area contributed by atoms with Crippen molar-refractivity contribution in [3.63, 3.8) is 0 Å². The molecule has 2 heterocycles. The first kappa shape index (κ1) is 14.7. The molecule has 0 aromatic carbocycles. The number of urea groups is 1. The topological polar surface area (TPSA) is 53.4 Å². The average molecular weight is 279 g/mol. The third-order valence-electron chi connectivity index (χ3n) is 4.01. The molecule has 1 aliphatic heterocycles. The number of piperidine rings is 1. The van der Waals surface area contributed by atoms with Crippen molar-refractivity contribution in [1.29, 1.82) is 0 Å². The van der Waals surface area contributed by atoms with Gasteiger partial charge in [0.15, 0.2) is 0 Å². The second kappa shape index (κ2) is 5.73. The molecule has 2 rings (SSSR count). The van der Waals surface area contributed by atoms with Gasteiger partial charge in [0, 0.05) is 40.3 Å². The van der Waals surface area contributed by atoms with Gasteiger partial charge >= 0.3 is 6.03 Å². The van der Waals surface area contributed by atoms with E-state index in [2.05, 4.69) is 17.3 Å². The van der Waals surface area contributed by atoms with Crippen LogP contribution >= 0.6 is 0 Å². The van der Waals surface area contributed by atoms with E-state index in [9.17, 15) is 4.79 Å². The van der Waals surface area contributed by atoms with Crippen LogP contribution in [0, 0.1) is 13.8 Å². The zero-order valence-electron chi connectivity index (χ0n) is 13.1. The molecule has 0 spiro atoms. The first-order valence-corrected chi connectivity index (χ1v) is 7.13. The van der Waals surface area contributed by atoms with Crippen molar-refractivity contribution in [3.8, 4) is 0 Å². The van der Waals surface area contributed by atoms with E-state index in [4.69, 9.17) is 0 Å². The summed E-state index contributed by atoms with van der Waals surface area (Å²) >= 11 is 0. The molecular weight excluding hydrogens is 254 g/mol. The monoisotopic (exact) mass is 279 g/mol. The summed E-state index contributed by atoms with van der Waals surface area (Å²) in [6, 6.07) is 0.528. The van der Waals surface area contributed by atoms with Gasteiger partial charge in [-0.25, -0.2) is 4.79 Å². The quantitative estimate of drug-likeness (QED) is 0.894. The molecule has 0 radical (unpaired) electrons. The highest BCUT2D eigenvalue weighted by atomic mass is 16.2. The number of carbonyl (C=O) groups is 1. The van der Waals surface area contributed by atoms with Crippen LogP contribution in [-0.4, -0.2) is 58.8 Å². The van der Waals surface area contributed by atoms with Crippen LogP contribution in [0.25, 0.3) is 0 Å². The number of hydrogen-bond acceptors (Lipinski definition) is 3. The minimum Gasteiger partial charge on any atom is -0.379 e. The molecule has 1 aromatic heterocycles. The van der Waals surface area contributed by atoms with E-state index in [0.717, 1.165) is 43.0 Å². The molecule has 1 N–H and O–H groups in total. The van der Waals surface area contributed by atoms with Crippen molar-refractivity contribution >= 4 is 11.7 Å². The first-order valence-electron chi connectivity index (χ1n) is 7.13. The Labute approximate surface area is 120 Å². The van der Waals surface area contributed by atoms with Gasteiger partial charge in [-0.2, -0.15) is 5.10 Å². The van der Waals surface area contributed by atoms with Crippen LogP contribution in [0.3, 0.4) is 0 Å². The van der Waals surface area contributed by atoms with Gasteiger partial charge in [0.2, 0.25) is 0 Å². The molecule has 1 fully saturated rings. The number of hydrogen-bond donors (Lipinski definition) is 1. The number of likely N-dealkylation sites (tertiary alicyclic amines) is 1. The van der Waals surface area contributed by atoms with E-state index < -0.39 is 0 Å². The van der Waals surface area contributed by atoms with E-state index in [1.807, 2.05) is 23.6 Å². The van der Waals surface area contributed by atoms with Crippen LogP contribution in [-0.2, 0) is 7.05 Å². The van der Waals surface area contributed by atoms with Crippen molar-refractivity contribution in [2.75, 3.05) is 32.5 Å². The fourth-order valence-corrected chi connectivity index (χ4v) is 2.68. The van der Waals surface area contributed by atoms with Gasteiger partial charge in [-0.15, -0.1) is 0 Å². The molecule has 2 amide bonds. The lowest BCUT2D eigenvalue weighted by Gasteiger charge is -2.34. The Morgan fingerprint density at radius 3 is 2.35 bits per heavy atom. The molecule has 6 heteroatoms. The van der Waals surface area contributed by atoms with Gasteiger partial charge in [-0.05, 0) is 26.7 Å². The Hall–Kier alpha value is -1.72. The molecule has 6 nitrogen and oxygen atoms in total. The Morgan fingerprint density at radius 1 is 1.30 bits per heavy atom. The Bertz CT molecular complexity index is 486. The lowest BCUT2D eigenvalue weighted by Crippen LogP contribution is -2.46. The van der Waals surface area contributed by atoms with Crippen LogP contribution in [0.15, 0.2) is 0 Å². The summed E-state index contributed by atoms with van der Waals surface area (Å²) in [4.78, 5) is 15.5. The number of aromatic nitrogens is 2. The fourth-order valence-electron chi connectivity index (χ4n) is 2.68. The molecule has 0 bridgehead atoms. The van der Waals surface area contributed by atoms with E-state index in [1.54, 1.807) is 19.0 Å². The van der Waals surface area contributed by atoms with Crippen molar-refractivity contribution in [1.82, 2.24) is 19.6 Å². The van der Waals surface area contributed by atoms with Crippen molar-refractivity contribution in [2.24, 2.45) is 7.05 Å². The second-order valence-corrected chi connectivity index (χ2v) is 5.75. The smallest absolute Gasteiger partial charge is 0.319 e. The number of carbonyl (C=O) groups excluding carboxylic acids is 1. The van der Waals surface area contributed by atoms with E-state index >= 15 is 0 Å². The molecule has 0 unspecified atom stereocenters. The van der Waals surface area contributed by atoms with Crippen molar-refractivity contribution in [3.05, 3.63) is 11.4 Å². The highest BCUT2D eigenvalue weighted by Crippen LogP contribution is 2.23. The predicted octanol–water partition coefficient (Wildman–Crippen LogP) is 1.59. The van der Waals surface area contributed by atoms with Gasteiger partial charge < -0.3 is 15.1 Å². The molecule has 1 aliphatic rings. The summed E-state index contributed by atoms with van der Waals surface area (Å²) in [5, 5.41) is 8.02. The molecule has 20 heavy (non-hydrogen) atoms. The highest BCUT2D eigenvalue weighted by molar-refractivity contribution is 5.73. The van der Waals surface area contributed by atoms with Crippen LogP contribution in [0.4, 0.5) is 10.5 Å². The fraction of sp³-hybridized carbons (Fsp3) is 0.714. The van der Waals surface area contributed by atoms with Gasteiger partial charge in [-0.3, -0.25) is 4.68 Å². The van der Waals surface area contributed by atoms with Crippen molar-refractivity contribution < 1.29 is 4.79 Å².